The van der Waals surface area contributed by atoms with Crippen molar-refractivity contribution in [2.75, 3.05) is 31.1 Å². The molecule has 2 aliphatic carbocycles. The van der Waals surface area contributed by atoms with Crippen LogP contribution in [0.4, 0.5) is 10.5 Å². The van der Waals surface area contributed by atoms with Gasteiger partial charge in [-0.25, -0.2) is 4.79 Å². The molecule has 1 aliphatic heterocycles. The van der Waals surface area contributed by atoms with Crippen molar-refractivity contribution in [3.8, 4) is 6.07 Å². The summed E-state index contributed by atoms with van der Waals surface area (Å²) in [6.07, 6.45) is 9.20. The smallest absolute Gasteiger partial charge is 0.410 e. The van der Waals surface area contributed by atoms with Crippen LogP contribution >= 0.6 is 0 Å². The summed E-state index contributed by atoms with van der Waals surface area (Å²) in [5.41, 5.74) is 5.47. The van der Waals surface area contributed by atoms with Crippen LogP contribution in [0.1, 0.15) is 36.1 Å². The normalized spacial score (nSPS) is 18.8. The summed E-state index contributed by atoms with van der Waals surface area (Å²) in [6, 6.07) is 4.39. The molecule has 154 valence electrons. The zero-order chi connectivity index (χ0) is 20.7. The van der Waals surface area contributed by atoms with Crippen LogP contribution in [0.25, 0.3) is 11.1 Å². The number of rotatable bonds is 3. The van der Waals surface area contributed by atoms with Gasteiger partial charge in [-0.15, -0.1) is 0 Å². The summed E-state index contributed by atoms with van der Waals surface area (Å²) in [5, 5.41) is 14.2. The van der Waals surface area contributed by atoms with Crippen molar-refractivity contribution in [1.29, 1.82) is 5.26 Å². The van der Waals surface area contributed by atoms with Crippen LogP contribution in [0.2, 0.25) is 0 Å². The van der Waals surface area contributed by atoms with E-state index in [9.17, 15) is 10.1 Å². The van der Waals surface area contributed by atoms with Gasteiger partial charge in [-0.1, -0.05) is 0 Å². The predicted octanol–water partition coefficient (Wildman–Crippen LogP) is 2.62. The highest BCUT2D eigenvalue weighted by Crippen LogP contribution is 2.42. The fraction of sp³-hybridized carbons (Fsp3) is 0.455. The number of anilines is 1. The third-order valence-electron chi connectivity index (χ3n) is 6.27. The highest BCUT2D eigenvalue weighted by Gasteiger charge is 2.32. The maximum Gasteiger partial charge on any atom is 0.410 e. The minimum Gasteiger partial charge on any atom is -0.446 e. The lowest BCUT2D eigenvalue weighted by Crippen LogP contribution is -2.50. The van der Waals surface area contributed by atoms with E-state index in [1.807, 2.05) is 25.5 Å². The summed E-state index contributed by atoms with van der Waals surface area (Å²) in [6.45, 7) is 2.64. The largest absolute Gasteiger partial charge is 0.446 e. The molecule has 0 bridgehead atoms. The van der Waals surface area contributed by atoms with Crippen LogP contribution < -0.4 is 4.90 Å². The molecule has 0 radical (unpaired) electrons. The number of amides is 1. The van der Waals surface area contributed by atoms with Crippen molar-refractivity contribution in [1.82, 2.24) is 19.7 Å². The van der Waals surface area contributed by atoms with E-state index < -0.39 is 0 Å². The fourth-order valence-electron chi connectivity index (χ4n) is 4.35. The van der Waals surface area contributed by atoms with Crippen molar-refractivity contribution >= 4 is 22.9 Å². The first-order valence-corrected chi connectivity index (χ1v) is 10.4. The van der Waals surface area contributed by atoms with Crippen molar-refractivity contribution in [2.24, 2.45) is 7.05 Å². The van der Waals surface area contributed by atoms with E-state index in [1.165, 1.54) is 0 Å². The number of allylic oxidation sites excluding steroid dienone is 2. The molecule has 8 nitrogen and oxygen atoms in total. The van der Waals surface area contributed by atoms with E-state index in [0.717, 1.165) is 47.3 Å². The zero-order valence-electron chi connectivity index (χ0n) is 17.0. The number of carbonyl (C=O) groups excluding carboxylic acids is 1. The summed E-state index contributed by atoms with van der Waals surface area (Å²) in [4.78, 5) is 20.9. The SMILES string of the molecule is Cn1cc(C2=C(C#N)c3c(N4CCN(C(=O)OC5CCC5)CC4)ccnc3C2)cn1. The molecule has 5 rings (SSSR count). The second kappa shape index (κ2) is 7.48. The van der Waals surface area contributed by atoms with Crippen molar-refractivity contribution in [3.63, 3.8) is 0 Å². The highest BCUT2D eigenvalue weighted by atomic mass is 16.6. The Hall–Kier alpha value is -3.34. The minimum atomic E-state index is -0.198. The number of ether oxygens (including phenoxy) is 1. The lowest BCUT2D eigenvalue weighted by molar-refractivity contribution is 0.0259. The molecule has 0 N–H and O–H groups in total. The van der Waals surface area contributed by atoms with E-state index in [2.05, 4.69) is 21.1 Å². The van der Waals surface area contributed by atoms with Crippen LogP contribution in [0.3, 0.4) is 0 Å². The third-order valence-corrected chi connectivity index (χ3v) is 6.27. The van der Waals surface area contributed by atoms with Crippen LogP contribution in [0, 0.1) is 11.3 Å². The van der Waals surface area contributed by atoms with Crippen molar-refractivity contribution < 1.29 is 9.53 Å². The molecular weight excluding hydrogens is 380 g/mol. The first-order valence-electron chi connectivity index (χ1n) is 10.4. The standard InChI is InChI=1S/C22H24N6O2/c1-26-14-15(13-25-26)17-11-19-21(18(17)12-23)20(5-6-24-19)27-7-9-28(10-8-27)22(29)30-16-3-2-4-16/h5-6,13-14,16H,2-4,7-11H2,1H3. The molecule has 0 atom stereocenters. The lowest BCUT2D eigenvalue weighted by Gasteiger charge is -2.37. The molecule has 1 saturated carbocycles. The molecule has 3 heterocycles. The van der Waals surface area contributed by atoms with E-state index in [-0.39, 0.29) is 12.2 Å². The molecule has 30 heavy (non-hydrogen) atoms. The van der Waals surface area contributed by atoms with E-state index in [4.69, 9.17) is 4.74 Å². The number of aromatic nitrogens is 3. The van der Waals surface area contributed by atoms with Gasteiger partial charge in [-0.3, -0.25) is 9.67 Å². The maximum atomic E-state index is 12.3. The Morgan fingerprint density at radius 1 is 1.27 bits per heavy atom. The number of hydrogen-bond acceptors (Lipinski definition) is 6. The molecule has 2 fully saturated rings. The molecule has 0 unspecified atom stereocenters. The van der Waals surface area contributed by atoms with Crippen LogP contribution in [0.5, 0.6) is 0 Å². The Kier molecular flexibility index (Phi) is 4.66. The van der Waals surface area contributed by atoms with Gasteiger partial charge >= 0.3 is 6.09 Å². The number of fused-ring (bicyclic) bond motifs is 1. The highest BCUT2D eigenvalue weighted by molar-refractivity contribution is 6.05. The number of hydrogen-bond donors (Lipinski definition) is 0. The third kappa shape index (κ3) is 3.20. The molecular formula is C22H24N6O2. The molecule has 0 spiro atoms. The average molecular weight is 404 g/mol. The molecule has 1 amide bonds. The molecule has 3 aliphatic rings. The summed E-state index contributed by atoms with van der Waals surface area (Å²) in [7, 11) is 1.87. The van der Waals surface area contributed by atoms with Gasteiger partial charge in [-0.05, 0) is 30.9 Å². The van der Waals surface area contributed by atoms with Gasteiger partial charge in [-0.2, -0.15) is 10.4 Å². The van der Waals surface area contributed by atoms with Gasteiger partial charge < -0.3 is 14.5 Å². The van der Waals surface area contributed by atoms with Crippen molar-refractivity contribution in [3.05, 3.63) is 41.5 Å². The number of piperazine rings is 1. The molecule has 2 aromatic heterocycles. The monoisotopic (exact) mass is 404 g/mol. The Bertz CT molecular complexity index is 1050. The van der Waals surface area contributed by atoms with E-state index in [0.29, 0.717) is 38.2 Å². The van der Waals surface area contributed by atoms with Crippen molar-refractivity contribution in [2.45, 2.75) is 31.8 Å². The minimum absolute atomic E-state index is 0.105. The second-order valence-corrected chi connectivity index (χ2v) is 8.11. The Balaban J connectivity index is 1.36. The Morgan fingerprint density at radius 3 is 2.70 bits per heavy atom. The number of nitrogens with zero attached hydrogens (tertiary/aromatic N) is 6. The van der Waals surface area contributed by atoms with Gasteiger partial charge in [0, 0.05) is 68.9 Å². The Labute approximate surface area is 175 Å². The predicted molar refractivity (Wildman–Crippen MR) is 111 cm³/mol. The fourth-order valence-corrected chi connectivity index (χ4v) is 4.35. The number of carbonyl (C=O) groups is 1. The van der Waals surface area contributed by atoms with Gasteiger partial charge in [0.15, 0.2) is 0 Å². The quantitative estimate of drug-likeness (QED) is 0.782. The van der Waals surface area contributed by atoms with Gasteiger partial charge in [0.05, 0.1) is 17.5 Å². The van der Waals surface area contributed by atoms with E-state index >= 15 is 0 Å². The lowest BCUT2D eigenvalue weighted by atomic mass is 9.96. The van der Waals surface area contributed by atoms with Gasteiger partial charge in [0.1, 0.15) is 12.2 Å². The topological polar surface area (TPSA) is 87.3 Å². The first kappa shape index (κ1) is 18.7. The molecule has 0 aromatic carbocycles. The number of nitriles is 1. The second-order valence-electron chi connectivity index (χ2n) is 8.11. The van der Waals surface area contributed by atoms with Gasteiger partial charge in [0.25, 0.3) is 0 Å². The maximum absolute atomic E-state index is 12.3. The zero-order valence-corrected chi connectivity index (χ0v) is 17.0. The first-order chi connectivity index (χ1) is 14.6. The van der Waals surface area contributed by atoms with Gasteiger partial charge in [0.2, 0.25) is 0 Å². The number of pyridine rings is 1. The van der Waals surface area contributed by atoms with Crippen LogP contribution in [0.15, 0.2) is 24.7 Å². The summed E-state index contributed by atoms with van der Waals surface area (Å²) in [5.74, 6) is 0. The molecule has 8 heteroatoms. The molecule has 1 saturated heterocycles. The summed E-state index contributed by atoms with van der Waals surface area (Å²) >= 11 is 0. The Morgan fingerprint density at radius 2 is 2.07 bits per heavy atom. The average Bonchev–Trinajstić information content (AvgIpc) is 3.33. The van der Waals surface area contributed by atoms with Crippen LogP contribution in [-0.4, -0.2) is 58.0 Å². The molecule has 2 aromatic rings. The number of aryl methyl sites for hydroxylation is 1. The van der Waals surface area contributed by atoms with Crippen LogP contribution in [-0.2, 0) is 18.2 Å². The van der Waals surface area contributed by atoms with E-state index in [1.54, 1.807) is 15.8 Å². The summed E-state index contributed by atoms with van der Waals surface area (Å²) < 4.78 is 7.29.